The van der Waals surface area contributed by atoms with E-state index in [0.717, 1.165) is 29.5 Å². The van der Waals surface area contributed by atoms with Crippen LogP contribution in [0, 0.1) is 11.6 Å². The number of carbonyl (C=O) groups is 1. The van der Waals surface area contributed by atoms with Gasteiger partial charge in [-0.3, -0.25) is 4.79 Å². The summed E-state index contributed by atoms with van der Waals surface area (Å²) in [5.41, 5.74) is 1.43. The van der Waals surface area contributed by atoms with Crippen LogP contribution in [0.3, 0.4) is 0 Å². The van der Waals surface area contributed by atoms with Crippen LogP contribution in [0.25, 0.3) is 11.3 Å². The Morgan fingerprint density at radius 2 is 1.96 bits per heavy atom. The fourth-order valence-corrected chi connectivity index (χ4v) is 3.78. The fraction of sp³-hybridized carbons (Fsp3) is 0.158. The zero-order valence-corrected chi connectivity index (χ0v) is 16.6. The highest BCUT2D eigenvalue weighted by atomic mass is 32.2. The largest absolute Gasteiger partial charge is 0.497 e. The van der Waals surface area contributed by atoms with Crippen molar-refractivity contribution < 1.29 is 23.0 Å². The Labute approximate surface area is 168 Å². The third-order valence-electron chi connectivity index (χ3n) is 3.70. The lowest BCUT2D eigenvalue weighted by atomic mass is 10.1. The summed E-state index contributed by atoms with van der Waals surface area (Å²) in [6.07, 6.45) is 0. The van der Waals surface area contributed by atoms with Gasteiger partial charge in [-0.15, -0.1) is 23.1 Å². The molecule has 0 spiro atoms. The SMILES string of the molecule is COc1ccc(-c2csc(NC(=O)CSc3ccc(F)c(F)c3)n2)c(OC)c1. The minimum atomic E-state index is -0.941. The molecule has 1 amide bonds. The topological polar surface area (TPSA) is 60.5 Å². The number of thioether (sulfide) groups is 1. The standard InChI is InChI=1S/C19H16F2N2O3S2/c1-25-11-3-5-13(17(7-11)26-2)16-9-28-19(22-16)23-18(24)10-27-12-4-6-14(20)15(21)8-12/h3-9H,10H2,1-2H3,(H,22,23,24). The van der Waals surface area contributed by atoms with Crippen LogP contribution in [0.15, 0.2) is 46.7 Å². The van der Waals surface area contributed by atoms with Crippen LogP contribution < -0.4 is 14.8 Å². The number of anilines is 1. The Hall–Kier alpha value is -2.65. The highest BCUT2D eigenvalue weighted by molar-refractivity contribution is 8.00. The quantitative estimate of drug-likeness (QED) is 0.553. The molecule has 0 aliphatic carbocycles. The van der Waals surface area contributed by atoms with Crippen LogP contribution in [0.1, 0.15) is 0 Å². The highest BCUT2D eigenvalue weighted by Crippen LogP contribution is 2.34. The maximum atomic E-state index is 13.2. The first-order valence-electron chi connectivity index (χ1n) is 8.05. The highest BCUT2D eigenvalue weighted by Gasteiger charge is 2.13. The summed E-state index contributed by atoms with van der Waals surface area (Å²) in [5.74, 6) is -0.833. The Bertz CT molecular complexity index is 995. The monoisotopic (exact) mass is 422 g/mol. The molecule has 3 rings (SSSR count). The summed E-state index contributed by atoms with van der Waals surface area (Å²) < 4.78 is 36.7. The lowest BCUT2D eigenvalue weighted by Crippen LogP contribution is -2.13. The van der Waals surface area contributed by atoms with Gasteiger partial charge in [0.15, 0.2) is 16.8 Å². The molecule has 146 valence electrons. The van der Waals surface area contributed by atoms with Crippen LogP contribution in [0.4, 0.5) is 13.9 Å². The number of hydrogen-bond donors (Lipinski definition) is 1. The normalized spacial score (nSPS) is 10.6. The molecule has 0 unspecified atom stereocenters. The second kappa shape index (κ2) is 9.03. The number of rotatable bonds is 7. The number of halogens is 2. The van der Waals surface area contributed by atoms with E-state index in [4.69, 9.17) is 9.47 Å². The summed E-state index contributed by atoms with van der Waals surface area (Å²) >= 11 is 2.39. The van der Waals surface area contributed by atoms with Gasteiger partial charge in [-0.25, -0.2) is 13.8 Å². The van der Waals surface area contributed by atoms with Gasteiger partial charge in [0.2, 0.25) is 5.91 Å². The molecule has 0 aliphatic heterocycles. The van der Waals surface area contributed by atoms with Gasteiger partial charge in [0.05, 0.1) is 25.7 Å². The van der Waals surface area contributed by atoms with E-state index in [0.29, 0.717) is 27.2 Å². The van der Waals surface area contributed by atoms with Gasteiger partial charge in [0.1, 0.15) is 11.5 Å². The summed E-state index contributed by atoms with van der Waals surface area (Å²) in [5, 5.41) is 4.94. The van der Waals surface area contributed by atoms with Gasteiger partial charge in [0, 0.05) is 21.9 Å². The van der Waals surface area contributed by atoms with Gasteiger partial charge in [-0.1, -0.05) is 0 Å². The molecule has 0 aliphatic rings. The molecule has 0 saturated heterocycles. The fourth-order valence-electron chi connectivity index (χ4n) is 2.34. The summed E-state index contributed by atoms with van der Waals surface area (Å²) in [4.78, 5) is 17.0. The van der Waals surface area contributed by atoms with E-state index in [9.17, 15) is 13.6 Å². The predicted molar refractivity (Wildman–Crippen MR) is 106 cm³/mol. The Morgan fingerprint density at radius 3 is 2.68 bits per heavy atom. The molecular formula is C19H16F2N2O3S2. The molecule has 5 nitrogen and oxygen atoms in total. The number of carbonyl (C=O) groups excluding carboxylic acids is 1. The van der Waals surface area contributed by atoms with Gasteiger partial charge in [0.25, 0.3) is 0 Å². The number of aromatic nitrogens is 1. The Balaban J connectivity index is 1.64. The molecule has 0 radical (unpaired) electrons. The summed E-state index contributed by atoms with van der Waals surface area (Å²) in [6.45, 7) is 0. The third-order valence-corrected chi connectivity index (χ3v) is 5.45. The third kappa shape index (κ3) is 4.79. The van der Waals surface area contributed by atoms with E-state index < -0.39 is 11.6 Å². The zero-order chi connectivity index (χ0) is 20.1. The molecule has 1 N–H and O–H groups in total. The Kier molecular flexibility index (Phi) is 6.48. The first-order chi connectivity index (χ1) is 13.5. The van der Waals surface area contributed by atoms with E-state index >= 15 is 0 Å². The molecule has 2 aromatic carbocycles. The molecule has 0 atom stereocenters. The van der Waals surface area contributed by atoms with E-state index in [1.54, 1.807) is 26.4 Å². The van der Waals surface area contributed by atoms with E-state index in [-0.39, 0.29) is 11.7 Å². The molecule has 9 heteroatoms. The molecule has 0 saturated carbocycles. The van der Waals surface area contributed by atoms with E-state index in [2.05, 4.69) is 10.3 Å². The average molecular weight is 422 g/mol. The van der Waals surface area contributed by atoms with Crippen LogP contribution in [0.2, 0.25) is 0 Å². The molecule has 0 bridgehead atoms. The number of methoxy groups -OCH3 is 2. The Morgan fingerprint density at radius 1 is 1.14 bits per heavy atom. The number of thiazole rings is 1. The smallest absolute Gasteiger partial charge is 0.236 e. The molecule has 3 aromatic rings. The number of amides is 1. The second-order valence-electron chi connectivity index (χ2n) is 5.52. The van der Waals surface area contributed by atoms with Crippen molar-refractivity contribution in [2.75, 3.05) is 25.3 Å². The van der Waals surface area contributed by atoms with Crippen LogP contribution >= 0.6 is 23.1 Å². The summed E-state index contributed by atoms with van der Waals surface area (Å²) in [6, 6.07) is 8.90. The van der Waals surface area contributed by atoms with Crippen molar-refractivity contribution in [3.05, 3.63) is 53.4 Å². The lowest BCUT2D eigenvalue weighted by Gasteiger charge is -2.08. The second-order valence-corrected chi connectivity index (χ2v) is 7.42. The van der Waals surface area contributed by atoms with Gasteiger partial charge in [-0.2, -0.15) is 0 Å². The number of benzene rings is 2. The minimum absolute atomic E-state index is 0.0475. The molecule has 1 aromatic heterocycles. The molecular weight excluding hydrogens is 406 g/mol. The van der Waals surface area contributed by atoms with Gasteiger partial charge in [-0.05, 0) is 30.3 Å². The predicted octanol–water partition coefficient (Wildman–Crippen LogP) is 4.84. The number of nitrogens with one attached hydrogen (secondary N) is 1. The van der Waals surface area contributed by atoms with Crippen molar-refractivity contribution in [1.29, 1.82) is 0 Å². The number of ether oxygens (including phenoxy) is 2. The van der Waals surface area contributed by atoms with Gasteiger partial charge >= 0.3 is 0 Å². The van der Waals surface area contributed by atoms with Crippen molar-refractivity contribution in [3.8, 4) is 22.8 Å². The number of nitrogens with zero attached hydrogens (tertiary/aromatic N) is 1. The van der Waals surface area contributed by atoms with Crippen molar-refractivity contribution in [1.82, 2.24) is 4.98 Å². The van der Waals surface area contributed by atoms with Crippen molar-refractivity contribution in [2.24, 2.45) is 0 Å². The molecule has 0 fully saturated rings. The van der Waals surface area contributed by atoms with Crippen LogP contribution in [-0.2, 0) is 4.79 Å². The number of hydrogen-bond acceptors (Lipinski definition) is 6. The van der Waals surface area contributed by atoms with Crippen molar-refractivity contribution in [3.63, 3.8) is 0 Å². The lowest BCUT2D eigenvalue weighted by molar-refractivity contribution is -0.113. The van der Waals surface area contributed by atoms with Crippen molar-refractivity contribution in [2.45, 2.75) is 4.90 Å². The maximum absolute atomic E-state index is 13.2. The maximum Gasteiger partial charge on any atom is 0.236 e. The van der Waals surface area contributed by atoms with Crippen molar-refractivity contribution >= 4 is 34.1 Å². The van der Waals surface area contributed by atoms with E-state index in [1.807, 2.05) is 11.4 Å². The first-order valence-corrected chi connectivity index (χ1v) is 9.92. The van der Waals surface area contributed by atoms with Gasteiger partial charge < -0.3 is 14.8 Å². The van der Waals surface area contributed by atoms with E-state index in [1.165, 1.54) is 17.4 Å². The van der Waals surface area contributed by atoms with Crippen LogP contribution in [0.5, 0.6) is 11.5 Å². The first kappa shape index (κ1) is 20.1. The molecule has 28 heavy (non-hydrogen) atoms. The minimum Gasteiger partial charge on any atom is -0.497 e. The summed E-state index contributed by atoms with van der Waals surface area (Å²) in [7, 11) is 3.13. The average Bonchev–Trinajstić information content (AvgIpc) is 3.16. The zero-order valence-electron chi connectivity index (χ0n) is 15.0. The van der Waals surface area contributed by atoms with Crippen LogP contribution in [-0.4, -0.2) is 30.9 Å². The molecule has 1 heterocycles.